The van der Waals surface area contributed by atoms with Crippen LogP contribution in [-0.2, 0) is 4.79 Å². The largest absolute Gasteiger partial charge is 0.366 e. The Kier molecular flexibility index (Phi) is 4.57. The first-order valence-corrected chi connectivity index (χ1v) is 7.10. The predicted octanol–water partition coefficient (Wildman–Crippen LogP) is 1.64. The molecule has 0 bridgehead atoms. The summed E-state index contributed by atoms with van der Waals surface area (Å²) in [4.78, 5) is 23.7. The number of carbonyl (C=O) groups is 2. The lowest BCUT2D eigenvalue weighted by Crippen LogP contribution is -2.38. The fourth-order valence-corrected chi connectivity index (χ4v) is 2.77. The van der Waals surface area contributed by atoms with Crippen molar-refractivity contribution in [3.05, 3.63) is 29.6 Å². The van der Waals surface area contributed by atoms with Gasteiger partial charge in [0.1, 0.15) is 5.82 Å². The van der Waals surface area contributed by atoms with E-state index in [2.05, 4.69) is 10.6 Å². The number of hydrogen-bond acceptors (Lipinski definition) is 3. The van der Waals surface area contributed by atoms with Crippen LogP contribution in [0.25, 0.3) is 0 Å². The normalized spacial score (nSPS) is 21.2. The molecule has 1 fully saturated rings. The fraction of sp³-hybridized carbons (Fsp3) is 0.467. The van der Waals surface area contributed by atoms with Crippen LogP contribution in [0.3, 0.4) is 0 Å². The molecule has 2 amide bonds. The van der Waals surface area contributed by atoms with Crippen molar-refractivity contribution < 1.29 is 14.0 Å². The van der Waals surface area contributed by atoms with Crippen LogP contribution in [0.4, 0.5) is 10.1 Å². The summed E-state index contributed by atoms with van der Waals surface area (Å²) < 4.78 is 13.8. The number of nitrogens with two attached hydrogens (primary N) is 1. The maximum Gasteiger partial charge on any atom is 0.248 e. The van der Waals surface area contributed by atoms with Gasteiger partial charge in [0, 0.05) is 12.1 Å². The number of carbonyl (C=O) groups excluding carboxylic acids is 2. The molecule has 4 N–H and O–H groups in total. The van der Waals surface area contributed by atoms with Crippen molar-refractivity contribution >= 4 is 17.5 Å². The Hall–Kier alpha value is -1.95. The van der Waals surface area contributed by atoms with E-state index in [9.17, 15) is 14.0 Å². The van der Waals surface area contributed by atoms with E-state index in [0.29, 0.717) is 6.54 Å². The van der Waals surface area contributed by atoms with Crippen molar-refractivity contribution in [1.29, 1.82) is 0 Å². The van der Waals surface area contributed by atoms with Gasteiger partial charge >= 0.3 is 0 Å². The minimum Gasteiger partial charge on any atom is -0.366 e. The number of amides is 2. The maximum atomic E-state index is 13.8. The number of benzene rings is 1. The van der Waals surface area contributed by atoms with Crippen molar-refractivity contribution in [2.24, 2.45) is 11.1 Å². The first kappa shape index (κ1) is 15.4. The first-order chi connectivity index (χ1) is 9.98. The summed E-state index contributed by atoms with van der Waals surface area (Å²) in [6.45, 7) is 3.38. The Morgan fingerprint density at radius 1 is 1.48 bits per heavy atom. The van der Waals surface area contributed by atoms with Gasteiger partial charge in [-0.15, -0.1) is 0 Å². The second-order valence-electron chi connectivity index (χ2n) is 5.47. The molecule has 0 aliphatic carbocycles. The molecule has 1 atom stereocenters. The van der Waals surface area contributed by atoms with E-state index < -0.39 is 17.1 Å². The van der Waals surface area contributed by atoms with Gasteiger partial charge in [0.2, 0.25) is 11.8 Å². The number of nitrogens with one attached hydrogen (secondary N) is 2. The maximum absolute atomic E-state index is 13.8. The van der Waals surface area contributed by atoms with Gasteiger partial charge < -0.3 is 16.4 Å². The lowest BCUT2D eigenvalue weighted by Gasteiger charge is -2.26. The molecule has 114 valence electrons. The highest BCUT2D eigenvalue weighted by atomic mass is 19.1. The summed E-state index contributed by atoms with van der Waals surface area (Å²) in [5.74, 6) is -1.45. The number of rotatable bonds is 5. The molecule has 0 spiro atoms. The van der Waals surface area contributed by atoms with Crippen LogP contribution in [0.2, 0.25) is 0 Å². The third-order valence-electron chi connectivity index (χ3n) is 3.95. The molecule has 6 heteroatoms. The van der Waals surface area contributed by atoms with Crippen LogP contribution < -0.4 is 16.4 Å². The molecule has 21 heavy (non-hydrogen) atoms. The predicted molar refractivity (Wildman–Crippen MR) is 78.4 cm³/mol. The van der Waals surface area contributed by atoms with Gasteiger partial charge in [-0.1, -0.05) is 13.3 Å². The van der Waals surface area contributed by atoms with Crippen LogP contribution >= 0.6 is 0 Å². The van der Waals surface area contributed by atoms with E-state index in [1.54, 1.807) is 0 Å². The Bertz CT molecular complexity index is 554. The highest BCUT2D eigenvalue weighted by Crippen LogP contribution is 2.33. The standard InChI is InChI=1S/C15H20FN3O2/c1-2-5-15(6-7-18-9-15)14(21)19-12-8-10(13(17)20)3-4-11(12)16/h3-4,8,18H,2,5-7,9H2,1H3,(H2,17,20)(H,19,21). The van der Waals surface area contributed by atoms with Crippen molar-refractivity contribution in [1.82, 2.24) is 5.32 Å². The van der Waals surface area contributed by atoms with E-state index in [4.69, 9.17) is 5.73 Å². The van der Waals surface area contributed by atoms with Crippen molar-refractivity contribution in [3.63, 3.8) is 0 Å². The molecule has 2 rings (SSSR count). The number of hydrogen-bond donors (Lipinski definition) is 3. The average molecular weight is 293 g/mol. The summed E-state index contributed by atoms with van der Waals surface area (Å²) in [6.07, 6.45) is 2.34. The number of halogens is 1. The molecule has 0 saturated carbocycles. The molecule has 0 radical (unpaired) electrons. The summed E-state index contributed by atoms with van der Waals surface area (Å²) >= 11 is 0. The molecule has 1 saturated heterocycles. The van der Waals surface area contributed by atoms with Gasteiger partial charge in [-0.3, -0.25) is 9.59 Å². The number of primary amides is 1. The van der Waals surface area contributed by atoms with Gasteiger partial charge in [0.05, 0.1) is 11.1 Å². The summed E-state index contributed by atoms with van der Waals surface area (Å²) in [6, 6.07) is 3.71. The first-order valence-electron chi connectivity index (χ1n) is 7.10. The quantitative estimate of drug-likeness (QED) is 0.771. The zero-order chi connectivity index (χ0) is 15.5. The molecule has 1 aromatic rings. The average Bonchev–Trinajstić information content (AvgIpc) is 2.91. The van der Waals surface area contributed by atoms with Gasteiger partial charge in [-0.2, -0.15) is 0 Å². The van der Waals surface area contributed by atoms with Crippen molar-refractivity contribution in [3.8, 4) is 0 Å². The van der Waals surface area contributed by atoms with Crippen LogP contribution in [0, 0.1) is 11.2 Å². The van der Waals surface area contributed by atoms with E-state index in [1.165, 1.54) is 12.1 Å². The monoisotopic (exact) mass is 293 g/mol. The van der Waals surface area contributed by atoms with E-state index in [-0.39, 0.29) is 17.2 Å². The molecule has 1 aromatic carbocycles. The van der Waals surface area contributed by atoms with Gasteiger partial charge in [0.15, 0.2) is 0 Å². The molecule has 1 unspecified atom stereocenters. The second kappa shape index (κ2) is 6.22. The lowest BCUT2D eigenvalue weighted by atomic mass is 9.81. The van der Waals surface area contributed by atoms with E-state index in [0.717, 1.165) is 31.9 Å². The third-order valence-corrected chi connectivity index (χ3v) is 3.95. The molecule has 0 aromatic heterocycles. The molecular formula is C15H20FN3O2. The topological polar surface area (TPSA) is 84.2 Å². The highest BCUT2D eigenvalue weighted by Gasteiger charge is 2.40. The smallest absolute Gasteiger partial charge is 0.248 e. The zero-order valence-electron chi connectivity index (χ0n) is 12.0. The minimum atomic E-state index is -0.656. The molecule has 1 aliphatic rings. The lowest BCUT2D eigenvalue weighted by molar-refractivity contribution is -0.125. The van der Waals surface area contributed by atoms with E-state index >= 15 is 0 Å². The van der Waals surface area contributed by atoms with Crippen molar-refractivity contribution in [2.45, 2.75) is 26.2 Å². The Balaban J connectivity index is 2.22. The highest BCUT2D eigenvalue weighted by molar-refractivity contribution is 5.98. The summed E-state index contributed by atoms with van der Waals surface area (Å²) in [5, 5.41) is 5.79. The Labute approximate surface area is 123 Å². The van der Waals surface area contributed by atoms with Gasteiger partial charge in [-0.05, 0) is 37.6 Å². The van der Waals surface area contributed by atoms with Gasteiger partial charge in [0.25, 0.3) is 0 Å². The second-order valence-corrected chi connectivity index (χ2v) is 5.47. The molecule has 1 heterocycles. The molecule has 1 aliphatic heterocycles. The van der Waals surface area contributed by atoms with Crippen LogP contribution in [0.5, 0.6) is 0 Å². The summed E-state index contributed by atoms with van der Waals surface area (Å²) in [5.41, 5.74) is 4.83. The third kappa shape index (κ3) is 3.21. The van der Waals surface area contributed by atoms with E-state index in [1.807, 2.05) is 6.92 Å². The Morgan fingerprint density at radius 2 is 2.24 bits per heavy atom. The number of anilines is 1. The van der Waals surface area contributed by atoms with Crippen LogP contribution in [0.15, 0.2) is 18.2 Å². The minimum absolute atomic E-state index is 0.00122. The van der Waals surface area contributed by atoms with Gasteiger partial charge in [-0.25, -0.2) is 4.39 Å². The SMILES string of the molecule is CCCC1(C(=O)Nc2cc(C(N)=O)ccc2F)CCNC1. The fourth-order valence-electron chi connectivity index (χ4n) is 2.77. The zero-order valence-corrected chi connectivity index (χ0v) is 12.0. The molecule has 5 nitrogen and oxygen atoms in total. The van der Waals surface area contributed by atoms with Crippen molar-refractivity contribution in [2.75, 3.05) is 18.4 Å². The summed E-state index contributed by atoms with van der Waals surface area (Å²) in [7, 11) is 0. The van der Waals surface area contributed by atoms with Crippen LogP contribution in [0.1, 0.15) is 36.5 Å². The Morgan fingerprint density at radius 3 is 2.81 bits per heavy atom. The van der Waals surface area contributed by atoms with Crippen LogP contribution in [-0.4, -0.2) is 24.9 Å². The molecular weight excluding hydrogens is 273 g/mol.